The van der Waals surface area contributed by atoms with Gasteiger partial charge in [0.1, 0.15) is 0 Å². The van der Waals surface area contributed by atoms with E-state index < -0.39 is 11.6 Å². The summed E-state index contributed by atoms with van der Waals surface area (Å²) in [6.45, 7) is 5.66. The van der Waals surface area contributed by atoms with E-state index in [1.807, 2.05) is 0 Å². The molecule has 1 saturated heterocycles. The van der Waals surface area contributed by atoms with Crippen molar-refractivity contribution < 1.29 is 8.78 Å². The number of hydrogen-bond acceptors (Lipinski definition) is 2. The topological polar surface area (TPSA) is 15.3 Å². The number of halogens is 3. The Morgan fingerprint density at radius 2 is 2.12 bits per heavy atom. The zero-order valence-corrected chi connectivity index (χ0v) is 10.6. The lowest BCUT2D eigenvalue weighted by atomic mass is 10.1. The number of nitrogens with zero attached hydrogens (tertiary/aromatic N) is 1. The minimum Gasteiger partial charge on any atom is -0.314 e. The van der Waals surface area contributed by atoms with Gasteiger partial charge in [-0.25, -0.2) is 8.78 Å². The Kier molecular flexibility index (Phi) is 5.31. The van der Waals surface area contributed by atoms with Gasteiger partial charge >= 0.3 is 0 Å². The third-order valence-corrected chi connectivity index (χ3v) is 3.01. The molecule has 1 heterocycles. The molecule has 0 saturated carbocycles. The van der Waals surface area contributed by atoms with Crippen LogP contribution in [-0.4, -0.2) is 30.6 Å². The highest BCUT2D eigenvalue weighted by atomic mass is 35.5. The summed E-state index contributed by atoms with van der Waals surface area (Å²) in [5.74, 6) is -1.54. The molecule has 1 aliphatic rings. The summed E-state index contributed by atoms with van der Waals surface area (Å²) in [7, 11) is 0. The fourth-order valence-corrected chi connectivity index (χ4v) is 1.99. The molecule has 1 atom stereocenters. The van der Waals surface area contributed by atoms with Crippen molar-refractivity contribution in [2.75, 3.05) is 19.6 Å². The first kappa shape index (κ1) is 14.4. The Labute approximate surface area is 106 Å². The van der Waals surface area contributed by atoms with Crippen molar-refractivity contribution in [3.63, 3.8) is 0 Å². The molecule has 2 nitrogen and oxygen atoms in total. The monoisotopic (exact) mass is 262 g/mol. The first-order chi connectivity index (χ1) is 7.66. The Morgan fingerprint density at radius 3 is 2.76 bits per heavy atom. The van der Waals surface area contributed by atoms with Crippen molar-refractivity contribution in [2.45, 2.75) is 19.5 Å². The molecule has 5 heteroatoms. The molecule has 1 aromatic rings. The van der Waals surface area contributed by atoms with Crippen molar-refractivity contribution in [1.29, 1.82) is 0 Å². The van der Waals surface area contributed by atoms with Crippen LogP contribution in [-0.2, 0) is 6.54 Å². The van der Waals surface area contributed by atoms with Gasteiger partial charge in [-0.3, -0.25) is 4.90 Å². The SMILES string of the molecule is C[C@@H]1CNCCN1Cc1ccc(F)c(F)c1.Cl. The molecule has 0 aromatic heterocycles. The second-order valence-corrected chi connectivity index (χ2v) is 4.27. The first-order valence-corrected chi connectivity index (χ1v) is 5.55. The van der Waals surface area contributed by atoms with Gasteiger partial charge in [0.05, 0.1) is 0 Å². The van der Waals surface area contributed by atoms with Crippen LogP contribution >= 0.6 is 12.4 Å². The molecular formula is C12H17ClF2N2. The van der Waals surface area contributed by atoms with Crippen molar-refractivity contribution in [1.82, 2.24) is 10.2 Å². The van der Waals surface area contributed by atoms with E-state index in [1.165, 1.54) is 12.1 Å². The number of nitrogens with one attached hydrogen (secondary N) is 1. The van der Waals surface area contributed by atoms with E-state index in [9.17, 15) is 8.78 Å². The van der Waals surface area contributed by atoms with Gasteiger partial charge in [0.2, 0.25) is 0 Å². The van der Waals surface area contributed by atoms with Crippen molar-refractivity contribution in [2.24, 2.45) is 0 Å². The van der Waals surface area contributed by atoms with E-state index in [1.54, 1.807) is 6.07 Å². The van der Waals surface area contributed by atoms with Crippen LogP contribution in [0, 0.1) is 11.6 Å². The average molecular weight is 263 g/mol. The molecule has 0 radical (unpaired) electrons. The van der Waals surface area contributed by atoms with Crippen molar-refractivity contribution in [3.8, 4) is 0 Å². The number of rotatable bonds is 2. The zero-order chi connectivity index (χ0) is 11.5. The Morgan fingerprint density at radius 1 is 1.35 bits per heavy atom. The molecule has 0 aliphatic carbocycles. The second-order valence-electron chi connectivity index (χ2n) is 4.27. The molecule has 0 spiro atoms. The Bertz CT molecular complexity index is 374. The maximum absolute atomic E-state index is 13.0. The van der Waals surface area contributed by atoms with Gasteiger partial charge in [-0.15, -0.1) is 12.4 Å². The van der Waals surface area contributed by atoms with E-state index in [2.05, 4.69) is 17.1 Å². The zero-order valence-electron chi connectivity index (χ0n) is 9.75. The largest absolute Gasteiger partial charge is 0.314 e. The summed E-state index contributed by atoms with van der Waals surface area (Å²) in [4.78, 5) is 2.27. The van der Waals surface area contributed by atoms with Crippen LogP contribution < -0.4 is 5.32 Å². The molecule has 0 amide bonds. The molecule has 2 rings (SSSR count). The molecule has 1 N–H and O–H groups in total. The quantitative estimate of drug-likeness (QED) is 0.879. The normalized spacial score (nSPS) is 21.0. The summed E-state index contributed by atoms with van der Waals surface area (Å²) >= 11 is 0. The third-order valence-electron chi connectivity index (χ3n) is 3.01. The van der Waals surface area contributed by atoms with Crippen LogP contribution in [0.25, 0.3) is 0 Å². The van der Waals surface area contributed by atoms with Crippen molar-refractivity contribution >= 4 is 12.4 Å². The molecule has 0 unspecified atom stereocenters. The van der Waals surface area contributed by atoms with Crippen LogP contribution in [0.15, 0.2) is 18.2 Å². The number of piperazine rings is 1. The fraction of sp³-hybridized carbons (Fsp3) is 0.500. The standard InChI is InChI=1S/C12H16F2N2.ClH/c1-9-7-15-4-5-16(9)8-10-2-3-11(13)12(14)6-10;/h2-3,6,9,15H,4-5,7-8H2,1H3;1H/t9-;/m1./s1. The first-order valence-electron chi connectivity index (χ1n) is 5.55. The summed E-state index contributed by atoms with van der Waals surface area (Å²) < 4.78 is 25.8. The predicted octanol–water partition coefficient (Wildman–Crippen LogP) is 2.18. The van der Waals surface area contributed by atoms with Crippen LogP contribution in [0.3, 0.4) is 0 Å². The molecule has 1 fully saturated rings. The highest BCUT2D eigenvalue weighted by Crippen LogP contribution is 2.13. The van der Waals surface area contributed by atoms with E-state index in [4.69, 9.17) is 0 Å². The molecule has 1 aromatic carbocycles. The average Bonchev–Trinajstić information content (AvgIpc) is 2.27. The van der Waals surface area contributed by atoms with Gasteiger partial charge in [-0.05, 0) is 24.6 Å². The highest BCUT2D eigenvalue weighted by molar-refractivity contribution is 5.85. The van der Waals surface area contributed by atoms with Crippen LogP contribution in [0.2, 0.25) is 0 Å². The van der Waals surface area contributed by atoms with Crippen LogP contribution in [0.5, 0.6) is 0 Å². The van der Waals surface area contributed by atoms with Crippen LogP contribution in [0.1, 0.15) is 12.5 Å². The smallest absolute Gasteiger partial charge is 0.159 e. The summed E-state index contributed by atoms with van der Waals surface area (Å²) in [6, 6.07) is 4.55. The van der Waals surface area contributed by atoms with Gasteiger partial charge in [-0.2, -0.15) is 0 Å². The van der Waals surface area contributed by atoms with E-state index >= 15 is 0 Å². The van der Waals surface area contributed by atoms with Gasteiger partial charge in [0.15, 0.2) is 11.6 Å². The van der Waals surface area contributed by atoms with Crippen LogP contribution in [0.4, 0.5) is 8.78 Å². The maximum Gasteiger partial charge on any atom is 0.159 e. The van der Waals surface area contributed by atoms with E-state index in [0.29, 0.717) is 12.6 Å². The Hall–Kier alpha value is -0.710. The van der Waals surface area contributed by atoms with Gasteiger partial charge in [0, 0.05) is 32.2 Å². The predicted molar refractivity (Wildman–Crippen MR) is 66.3 cm³/mol. The van der Waals surface area contributed by atoms with E-state index in [-0.39, 0.29) is 12.4 Å². The number of hydrogen-bond donors (Lipinski definition) is 1. The highest BCUT2D eigenvalue weighted by Gasteiger charge is 2.18. The third kappa shape index (κ3) is 3.63. The van der Waals surface area contributed by atoms with Gasteiger partial charge in [0.25, 0.3) is 0 Å². The molecule has 96 valence electrons. The summed E-state index contributed by atoms with van der Waals surface area (Å²) in [5.41, 5.74) is 0.827. The molecular weight excluding hydrogens is 246 g/mol. The Balaban J connectivity index is 0.00000144. The van der Waals surface area contributed by atoms with Gasteiger partial charge in [-0.1, -0.05) is 6.07 Å². The lowest BCUT2D eigenvalue weighted by Crippen LogP contribution is -2.49. The lowest BCUT2D eigenvalue weighted by Gasteiger charge is -2.33. The minimum atomic E-state index is -0.780. The summed E-state index contributed by atoms with van der Waals surface area (Å²) in [5, 5.41) is 3.30. The lowest BCUT2D eigenvalue weighted by molar-refractivity contribution is 0.165. The molecule has 0 bridgehead atoms. The molecule has 17 heavy (non-hydrogen) atoms. The molecule has 1 aliphatic heterocycles. The van der Waals surface area contributed by atoms with Gasteiger partial charge < -0.3 is 5.32 Å². The number of benzene rings is 1. The van der Waals surface area contributed by atoms with Crippen molar-refractivity contribution in [3.05, 3.63) is 35.4 Å². The second kappa shape index (κ2) is 6.28. The maximum atomic E-state index is 13.0. The van der Waals surface area contributed by atoms with E-state index in [0.717, 1.165) is 25.2 Å². The summed E-state index contributed by atoms with van der Waals surface area (Å²) in [6.07, 6.45) is 0. The fourth-order valence-electron chi connectivity index (χ4n) is 1.99. The minimum absolute atomic E-state index is 0.